The second kappa shape index (κ2) is 21.9. The molecule has 1 aliphatic carbocycles. The summed E-state index contributed by atoms with van der Waals surface area (Å²) in [6.07, 6.45) is 15.1. The number of piperidine rings is 1. The molecule has 15 nitrogen and oxygen atoms in total. The van der Waals surface area contributed by atoms with Gasteiger partial charge in [-0.2, -0.15) is 4.98 Å². The van der Waals surface area contributed by atoms with Crippen LogP contribution in [-0.4, -0.2) is 109 Å². The van der Waals surface area contributed by atoms with Gasteiger partial charge >= 0.3 is 0 Å². The smallest absolute Gasteiger partial charge is 0.228 e. The Morgan fingerprint density at radius 2 is 1.67 bits per heavy atom. The fourth-order valence-electron chi connectivity index (χ4n) is 6.90. The standard InChI is InChI=1S/C36H58N11O4P/c48-33(27-52(50)51)39-20-8-2-5-15-34(49)46-23-16-29(17-24-46)41-35-31-13-6-7-14-32(31)42-36(43-35)40-25-30-26-47(45-44-30)22-10-19-37-18-9-21-38-28-11-3-1-4-12-28/h6-7,13-14,26,28-29,37-38,50-51H,1-5,8-12,15-25,27H2,(H,39,48)(H2,40,41,42,43). The third-order valence-corrected chi connectivity index (χ3v) is 10.4. The molecule has 2 amide bonds. The zero-order chi connectivity index (χ0) is 36.4. The number of rotatable bonds is 22. The molecule has 0 atom stereocenters. The van der Waals surface area contributed by atoms with Crippen LogP contribution in [0.25, 0.3) is 10.9 Å². The van der Waals surface area contributed by atoms with Crippen molar-refractivity contribution < 1.29 is 19.4 Å². The van der Waals surface area contributed by atoms with Crippen LogP contribution in [0, 0.1) is 0 Å². The number of carbonyl (C=O) groups is 2. The number of hydrogen-bond acceptors (Lipinski definition) is 12. The minimum absolute atomic E-state index is 0.161. The van der Waals surface area contributed by atoms with Crippen molar-refractivity contribution in [1.29, 1.82) is 0 Å². The molecule has 1 saturated carbocycles. The van der Waals surface area contributed by atoms with Gasteiger partial charge in [-0.1, -0.05) is 43.0 Å². The van der Waals surface area contributed by atoms with Crippen molar-refractivity contribution in [3.8, 4) is 0 Å². The van der Waals surface area contributed by atoms with Gasteiger partial charge < -0.3 is 41.3 Å². The molecular formula is C36H58N11O4P. The van der Waals surface area contributed by atoms with Gasteiger partial charge in [-0.05, 0) is 83.1 Å². The van der Waals surface area contributed by atoms with Crippen LogP contribution in [-0.2, 0) is 22.7 Å². The van der Waals surface area contributed by atoms with Gasteiger partial charge in [-0.15, -0.1) is 5.10 Å². The minimum Gasteiger partial charge on any atom is -0.367 e. The number of likely N-dealkylation sites (tertiary alicyclic amines) is 1. The third-order valence-electron chi connectivity index (χ3n) is 9.79. The molecular weight excluding hydrogens is 681 g/mol. The largest absolute Gasteiger partial charge is 0.367 e. The van der Waals surface area contributed by atoms with Crippen molar-refractivity contribution >= 4 is 42.9 Å². The van der Waals surface area contributed by atoms with Crippen molar-refractivity contribution in [2.24, 2.45) is 0 Å². The first-order valence-corrected chi connectivity index (χ1v) is 20.7. The summed E-state index contributed by atoms with van der Waals surface area (Å²) in [4.78, 5) is 53.7. The van der Waals surface area contributed by atoms with Gasteiger partial charge in [0.25, 0.3) is 0 Å². The van der Waals surface area contributed by atoms with Crippen LogP contribution in [0.1, 0.15) is 89.2 Å². The number of unbranched alkanes of at least 4 members (excludes halogenated alkanes) is 2. The Kier molecular flexibility index (Phi) is 16.7. The monoisotopic (exact) mass is 739 g/mol. The van der Waals surface area contributed by atoms with Crippen LogP contribution >= 0.6 is 8.38 Å². The van der Waals surface area contributed by atoms with Gasteiger partial charge in [0, 0.05) is 50.1 Å². The minimum atomic E-state index is -2.21. The molecule has 3 heterocycles. The van der Waals surface area contributed by atoms with Crippen LogP contribution in [0.15, 0.2) is 30.5 Å². The lowest BCUT2D eigenvalue weighted by Gasteiger charge is -2.33. The van der Waals surface area contributed by atoms with E-state index in [0.717, 1.165) is 99.6 Å². The lowest BCUT2D eigenvalue weighted by Crippen LogP contribution is -2.42. The van der Waals surface area contributed by atoms with E-state index in [2.05, 4.69) is 36.9 Å². The average Bonchev–Trinajstić information content (AvgIpc) is 3.61. The Balaban J connectivity index is 0.987. The molecule has 1 saturated heterocycles. The molecule has 16 heteroatoms. The summed E-state index contributed by atoms with van der Waals surface area (Å²) in [6.45, 7) is 6.21. The highest BCUT2D eigenvalue weighted by atomic mass is 31.2. The number of aromatic nitrogens is 5. The van der Waals surface area contributed by atoms with Crippen LogP contribution in [0.5, 0.6) is 0 Å². The maximum absolute atomic E-state index is 12.8. The molecule has 7 N–H and O–H groups in total. The molecule has 286 valence electrons. The van der Waals surface area contributed by atoms with Gasteiger partial charge in [0.1, 0.15) is 11.5 Å². The number of benzene rings is 1. The Hall–Kier alpha value is -3.49. The molecule has 2 aromatic heterocycles. The summed E-state index contributed by atoms with van der Waals surface area (Å²) in [5, 5.41) is 26.5. The van der Waals surface area contributed by atoms with E-state index >= 15 is 0 Å². The van der Waals surface area contributed by atoms with Crippen LogP contribution < -0.4 is 26.6 Å². The summed E-state index contributed by atoms with van der Waals surface area (Å²) >= 11 is 0. The molecule has 2 fully saturated rings. The Bertz CT molecular complexity index is 1510. The molecule has 3 aromatic rings. The van der Waals surface area contributed by atoms with E-state index in [1.54, 1.807) is 0 Å². The summed E-state index contributed by atoms with van der Waals surface area (Å²) in [5.41, 5.74) is 1.68. The fraction of sp³-hybridized carbons (Fsp3) is 0.667. The highest BCUT2D eigenvalue weighted by Gasteiger charge is 2.23. The third kappa shape index (κ3) is 13.8. The van der Waals surface area contributed by atoms with Crippen molar-refractivity contribution in [2.75, 3.05) is 56.1 Å². The number of amides is 2. The number of hydrogen-bond donors (Lipinski definition) is 7. The number of para-hydroxylation sites is 1. The highest BCUT2D eigenvalue weighted by molar-refractivity contribution is 7.46. The van der Waals surface area contributed by atoms with Crippen LogP contribution in [0.2, 0.25) is 0 Å². The number of nitrogens with zero attached hydrogens (tertiary/aromatic N) is 6. The first-order chi connectivity index (χ1) is 25.4. The zero-order valence-corrected chi connectivity index (χ0v) is 31.3. The Labute approximate surface area is 308 Å². The van der Waals surface area contributed by atoms with E-state index < -0.39 is 8.38 Å². The number of anilines is 2. The van der Waals surface area contributed by atoms with Crippen LogP contribution in [0.4, 0.5) is 11.8 Å². The number of aryl methyl sites for hydroxylation is 1. The SMILES string of the molecule is O=C(CP(O)O)NCCCCCC(=O)N1CCC(Nc2nc(NCc3cn(CCCNCCCNC4CCCCC4)nn3)nc3ccccc23)CC1. The molecule has 2 aliphatic rings. The van der Waals surface area contributed by atoms with Crippen molar-refractivity contribution in [2.45, 2.75) is 109 Å². The summed E-state index contributed by atoms with van der Waals surface area (Å²) in [5.74, 6) is 1.11. The van der Waals surface area contributed by atoms with Gasteiger partial charge in [0.05, 0.1) is 24.4 Å². The first kappa shape index (κ1) is 39.7. The zero-order valence-electron chi connectivity index (χ0n) is 30.4. The normalized spacial score (nSPS) is 15.7. The lowest BCUT2D eigenvalue weighted by molar-refractivity contribution is -0.132. The second-order valence-corrected chi connectivity index (χ2v) is 15.0. The fourth-order valence-corrected chi connectivity index (χ4v) is 7.26. The van der Waals surface area contributed by atoms with Gasteiger partial charge in [-0.25, -0.2) is 4.98 Å². The predicted octanol–water partition coefficient (Wildman–Crippen LogP) is 3.50. The maximum Gasteiger partial charge on any atom is 0.228 e. The van der Waals surface area contributed by atoms with Crippen molar-refractivity contribution in [1.82, 2.24) is 45.8 Å². The number of nitrogens with one attached hydrogen (secondary N) is 5. The Morgan fingerprint density at radius 1 is 0.865 bits per heavy atom. The molecule has 1 aromatic carbocycles. The van der Waals surface area contributed by atoms with E-state index in [-0.39, 0.29) is 24.0 Å². The molecule has 1 aliphatic heterocycles. The highest BCUT2D eigenvalue weighted by Crippen LogP contribution is 2.25. The summed E-state index contributed by atoms with van der Waals surface area (Å²) < 4.78 is 1.89. The van der Waals surface area contributed by atoms with Gasteiger partial charge in [-0.3, -0.25) is 14.3 Å². The molecule has 0 unspecified atom stereocenters. The molecule has 52 heavy (non-hydrogen) atoms. The first-order valence-electron chi connectivity index (χ1n) is 19.2. The van der Waals surface area contributed by atoms with Crippen LogP contribution in [0.3, 0.4) is 0 Å². The number of fused-ring (bicyclic) bond motifs is 1. The molecule has 5 rings (SSSR count). The lowest BCUT2D eigenvalue weighted by atomic mass is 9.95. The topological polar surface area (TPSA) is 194 Å². The maximum atomic E-state index is 12.8. The summed E-state index contributed by atoms with van der Waals surface area (Å²) in [7, 11) is -2.21. The van der Waals surface area contributed by atoms with Gasteiger partial charge in [0.15, 0.2) is 8.38 Å². The average molecular weight is 740 g/mol. The molecule has 0 radical (unpaired) electrons. The van der Waals surface area contributed by atoms with Crippen molar-refractivity contribution in [3.63, 3.8) is 0 Å². The van der Waals surface area contributed by atoms with E-state index in [4.69, 9.17) is 19.8 Å². The van der Waals surface area contributed by atoms with Gasteiger partial charge in [0.2, 0.25) is 17.8 Å². The predicted molar refractivity (Wildman–Crippen MR) is 205 cm³/mol. The molecule has 0 bridgehead atoms. The van der Waals surface area contributed by atoms with E-state index in [9.17, 15) is 9.59 Å². The number of carbonyl (C=O) groups excluding carboxylic acids is 2. The van der Waals surface area contributed by atoms with E-state index in [1.165, 1.54) is 32.1 Å². The van der Waals surface area contributed by atoms with Crippen molar-refractivity contribution in [3.05, 3.63) is 36.2 Å². The quantitative estimate of drug-likeness (QED) is 0.0587. The molecule has 0 spiro atoms. The van der Waals surface area contributed by atoms with E-state index in [1.807, 2.05) is 40.0 Å². The second-order valence-electron chi connectivity index (χ2n) is 14.0. The summed E-state index contributed by atoms with van der Waals surface area (Å²) in [6, 6.07) is 8.89. The Morgan fingerprint density at radius 3 is 2.50 bits per heavy atom. The van der Waals surface area contributed by atoms with E-state index in [0.29, 0.717) is 38.5 Å².